The fourth-order valence-corrected chi connectivity index (χ4v) is 3.00. The minimum Gasteiger partial charge on any atom is -0.492 e. The van der Waals surface area contributed by atoms with E-state index in [0.29, 0.717) is 11.6 Å². The van der Waals surface area contributed by atoms with Crippen LogP contribution in [-0.4, -0.2) is 49.1 Å². The van der Waals surface area contributed by atoms with Gasteiger partial charge < -0.3 is 15.8 Å². The molecule has 3 N–H and O–H groups in total. The number of nitrogens with one attached hydrogen (secondary N) is 1. The van der Waals surface area contributed by atoms with Crippen molar-refractivity contribution in [2.45, 2.75) is 44.7 Å². The molecule has 1 amide bonds. The summed E-state index contributed by atoms with van der Waals surface area (Å²) in [6.45, 7) is 5.52. The summed E-state index contributed by atoms with van der Waals surface area (Å²) in [5, 5.41) is 3.79. The highest BCUT2D eigenvalue weighted by Crippen LogP contribution is 2.16. The summed E-state index contributed by atoms with van der Waals surface area (Å²) in [5.41, 5.74) is 5.86. The van der Waals surface area contributed by atoms with Crippen molar-refractivity contribution in [2.75, 3.05) is 26.2 Å². The van der Waals surface area contributed by atoms with Crippen molar-refractivity contribution in [3.8, 4) is 5.75 Å². The Morgan fingerprint density at radius 2 is 2.00 bits per heavy atom. The predicted molar refractivity (Wildman–Crippen MR) is 105 cm³/mol. The van der Waals surface area contributed by atoms with Gasteiger partial charge >= 0.3 is 0 Å². The smallest absolute Gasteiger partial charge is 0.237 e. The van der Waals surface area contributed by atoms with Gasteiger partial charge in [0.25, 0.3) is 0 Å². The molecule has 142 valence electrons. The third-order valence-corrected chi connectivity index (χ3v) is 4.61. The Morgan fingerprint density at radius 1 is 1.36 bits per heavy atom. The summed E-state index contributed by atoms with van der Waals surface area (Å²) in [4.78, 5) is 14.3. The fraction of sp³-hybridized carbons (Fsp3) is 0.611. The Balaban J connectivity index is 0.00000312. The average molecular weight is 390 g/mol. The summed E-state index contributed by atoms with van der Waals surface area (Å²) in [6, 6.07) is 7.28. The third kappa shape index (κ3) is 7.82. The molecular formula is C18H29Cl2N3O2. The Kier molecular flexibility index (Phi) is 10.2. The maximum absolute atomic E-state index is 12.0. The Labute approximate surface area is 161 Å². The van der Waals surface area contributed by atoms with E-state index in [2.05, 4.69) is 10.2 Å². The largest absolute Gasteiger partial charge is 0.492 e. The van der Waals surface area contributed by atoms with Crippen LogP contribution in [0.1, 0.15) is 32.6 Å². The van der Waals surface area contributed by atoms with Gasteiger partial charge in [-0.05, 0) is 43.5 Å². The van der Waals surface area contributed by atoms with Gasteiger partial charge in [-0.2, -0.15) is 0 Å². The van der Waals surface area contributed by atoms with Crippen LogP contribution in [-0.2, 0) is 4.79 Å². The molecule has 0 spiro atoms. The number of benzene rings is 1. The van der Waals surface area contributed by atoms with E-state index in [9.17, 15) is 4.79 Å². The molecular weight excluding hydrogens is 361 g/mol. The van der Waals surface area contributed by atoms with E-state index in [1.807, 2.05) is 31.2 Å². The molecule has 1 aromatic rings. The van der Waals surface area contributed by atoms with Crippen LogP contribution in [0.5, 0.6) is 5.75 Å². The number of hydrogen-bond acceptors (Lipinski definition) is 4. The van der Waals surface area contributed by atoms with Crippen LogP contribution in [0.15, 0.2) is 24.3 Å². The number of carbonyl (C=O) groups is 1. The fourth-order valence-electron chi connectivity index (χ4n) is 2.87. The lowest BCUT2D eigenvalue weighted by molar-refractivity contribution is -0.123. The number of ether oxygens (including phenoxy) is 1. The van der Waals surface area contributed by atoms with E-state index in [1.54, 1.807) is 0 Å². The van der Waals surface area contributed by atoms with E-state index >= 15 is 0 Å². The summed E-state index contributed by atoms with van der Waals surface area (Å²) < 4.78 is 5.73. The SMILES string of the molecule is CCCC(N)C(=O)NC1CCN(CCOc2ccc(Cl)cc2)CC1.Cl. The van der Waals surface area contributed by atoms with Crippen LogP contribution < -0.4 is 15.8 Å². The molecule has 1 saturated heterocycles. The molecule has 1 aliphatic rings. The topological polar surface area (TPSA) is 67.6 Å². The Hall–Kier alpha value is -1.01. The monoisotopic (exact) mass is 389 g/mol. The first-order valence-corrected chi connectivity index (χ1v) is 9.13. The highest BCUT2D eigenvalue weighted by Gasteiger charge is 2.22. The van der Waals surface area contributed by atoms with Crippen molar-refractivity contribution in [1.29, 1.82) is 0 Å². The van der Waals surface area contributed by atoms with Crippen molar-refractivity contribution >= 4 is 29.9 Å². The number of piperidine rings is 1. The predicted octanol–water partition coefficient (Wildman–Crippen LogP) is 2.85. The van der Waals surface area contributed by atoms with E-state index in [-0.39, 0.29) is 30.4 Å². The quantitative estimate of drug-likeness (QED) is 0.716. The standard InChI is InChI=1S/C18H28ClN3O2.ClH/c1-2-3-17(20)18(23)21-15-8-10-22(11-9-15)12-13-24-16-6-4-14(19)5-7-16;/h4-7,15,17H,2-3,8-13,20H2,1H3,(H,21,23);1H. The molecule has 1 fully saturated rings. The number of amides is 1. The molecule has 0 saturated carbocycles. The minimum absolute atomic E-state index is 0. The number of nitrogens with zero attached hydrogens (tertiary/aromatic N) is 1. The van der Waals surface area contributed by atoms with Gasteiger partial charge in [0, 0.05) is 30.7 Å². The van der Waals surface area contributed by atoms with Crippen LogP contribution in [0.25, 0.3) is 0 Å². The normalized spacial score (nSPS) is 16.8. The molecule has 1 aromatic carbocycles. The highest BCUT2D eigenvalue weighted by molar-refractivity contribution is 6.30. The number of hydrogen-bond donors (Lipinski definition) is 2. The summed E-state index contributed by atoms with van der Waals surface area (Å²) in [7, 11) is 0. The molecule has 1 aliphatic heterocycles. The van der Waals surface area contributed by atoms with Crippen molar-refractivity contribution in [2.24, 2.45) is 5.73 Å². The van der Waals surface area contributed by atoms with Crippen molar-refractivity contribution < 1.29 is 9.53 Å². The molecule has 7 heteroatoms. The molecule has 1 heterocycles. The second kappa shape index (κ2) is 11.6. The maximum Gasteiger partial charge on any atom is 0.237 e. The molecule has 0 aliphatic carbocycles. The van der Waals surface area contributed by atoms with E-state index in [0.717, 1.165) is 51.1 Å². The lowest BCUT2D eigenvalue weighted by atomic mass is 10.0. The number of likely N-dealkylation sites (tertiary alicyclic amines) is 1. The zero-order chi connectivity index (χ0) is 17.4. The van der Waals surface area contributed by atoms with Crippen molar-refractivity contribution in [3.05, 3.63) is 29.3 Å². The number of nitrogens with two attached hydrogens (primary N) is 1. The number of rotatable bonds is 8. The van der Waals surface area contributed by atoms with Gasteiger partial charge in [-0.25, -0.2) is 0 Å². The molecule has 0 radical (unpaired) electrons. The van der Waals surface area contributed by atoms with Crippen LogP contribution in [0.4, 0.5) is 0 Å². The first-order chi connectivity index (χ1) is 11.6. The summed E-state index contributed by atoms with van der Waals surface area (Å²) in [5.74, 6) is 0.827. The van der Waals surface area contributed by atoms with Gasteiger partial charge in [0.1, 0.15) is 12.4 Å². The van der Waals surface area contributed by atoms with Crippen LogP contribution >= 0.6 is 24.0 Å². The summed E-state index contributed by atoms with van der Waals surface area (Å²) >= 11 is 5.85. The van der Waals surface area contributed by atoms with Gasteiger partial charge in [0.2, 0.25) is 5.91 Å². The minimum atomic E-state index is -0.374. The second-order valence-electron chi connectivity index (χ2n) is 6.32. The van der Waals surface area contributed by atoms with Gasteiger partial charge in [-0.3, -0.25) is 9.69 Å². The molecule has 25 heavy (non-hydrogen) atoms. The molecule has 1 unspecified atom stereocenters. The molecule has 1 atom stereocenters. The van der Waals surface area contributed by atoms with Gasteiger partial charge in [0.05, 0.1) is 6.04 Å². The molecule has 2 rings (SSSR count). The lowest BCUT2D eigenvalue weighted by Gasteiger charge is -2.32. The summed E-state index contributed by atoms with van der Waals surface area (Å²) in [6.07, 6.45) is 3.60. The van der Waals surface area contributed by atoms with E-state index < -0.39 is 0 Å². The molecule has 5 nitrogen and oxygen atoms in total. The molecule has 0 bridgehead atoms. The first-order valence-electron chi connectivity index (χ1n) is 8.75. The van der Waals surface area contributed by atoms with Crippen molar-refractivity contribution in [3.63, 3.8) is 0 Å². The van der Waals surface area contributed by atoms with Crippen molar-refractivity contribution in [1.82, 2.24) is 10.2 Å². The number of halogens is 2. The van der Waals surface area contributed by atoms with Gasteiger partial charge in [-0.15, -0.1) is 12.4 Å². The highest BCUT2D eigenvalue weighted by atomic mass is 35.5. The van der Waals surface area contributed by atoms with Gasteiger partial charge in [-0.1, -0.05) is 24.9 Å². The zero-order valence-electron chi connectivity index (χ0n) is 14.7. The van der Waals surface area contributed by atoms with Crippen LogP contribution in [0.3, 0.4) is 0 Å². The lowest BCUT2D eigenvalue weighted by Crippen LogP contribution is -2.50. The molecule has 0 aromatic heterocycles. The maximum atomic E-state index is 12.0. The first kappa shape index (κ1) is 22.0. The average Bonchev–Trinajstić information content (AvgIpc) is 2.58. The second-order valence-corrected chi connectivity index (χ2v) is 6.76. The Bertz CT molecular complexity index is 506. The van der Waals surface area contributed by atoms with Crippen LogP contribution in [0, 0.1) is 0 Å². The number of carbonyl (C=O) groups excluding carboxylic acids is 1. The Morgan fingerprint density at radius 3 is 2.60 bits per heavy atom. The van der Waals surface area contributed by atoms with Gasteiger partial charge in [0.15, 0.2) is 0 Å². The van der Waals surface area contributed by atoms with E-state index in [1.165, 1.54) is 0 Å². The van der Waals surface area contributed by atoms with E-state index in [4.69, 9.17) is 22.1 Å². The zero-order valence-corrected chi connectivity index (χ0v) is 16.3. The van der Waals surface area contributed by atoms with Crippen LogP contribution in [0.2, 0.25) is 5.02 Å². The third-order valence-electron chi connectivity index (χ3n) is 4.36.